The van der Waals surface area contributed by atoms with E-state index < -0.39 is 80.6 Å². The molecular weight excluding hydrogens is 874 g/mol. The maximum absolute atomic E-state index is 12.4. The first-order chi connectivity index (χ1) is 26.2. The summed E-state index contributed by atoms with van der Waals surface area (Å²) >= 11 is 2.33. The Morgan fingerprint density at radius 1 is 0.875 bits per heavy atom. The number of nitrogens with one attached hydrogen (secondary N) is 2. The van der Waals surface area contributed by atoms with E-state index in [2.05, 4.69) is 46.6 Å². The molecule has 3 aromatic carbocycles. The van der Waals surface area contributed by atoms with Gasteiger partial charge in [-0.05, 0) is 59.5 Å². The number of phenolic OH excluding ortho intramolecular Hbond substituents is 1. The molecule has 0 saturated heterocycles. The molecule has 0 aliphatic rings. The highest BCUT2D eigenvalue weighted by Crippen LogP contribution is 2.45. The molecule has 2 atom stereocenters. The van der Waals surface area contributed by atoms with Crippen molar-refractivity contribution >= 4 is 104 Å². The van der Waals surface area contributed by atoms with Crippen molar-refractivity contribution in [3.05, 3.63) is 60.6 Å². The first kappa shape index (κ1) is 44.4. The van der Waals surface area contributed by atoms with Crippen molar-refractivity contribution in [3.8, 4) is 5.75 Å². The van der Waals surface area contributed by atoms with E-state index in [-0.39, 0.29) is 76.3 Å². The van der Waals surface area contributed by atoms with Crippen LogP contribution in [0.3, 0.4) is 0 Å². The zero-order valence-electron chi connectivity index (χ0n) is 27.9. The highest BCUT2D eigenvalue weighted by Gasteiger charge is 2.26. The molecule has 0 amide bonds. The van der Waals surface area contributed by atoms with Crippen LogP contribution in [-0.2, 0) is 70.1 Å². The number of ether oxygens (including phenoxy) is 1. The van der Waals surface area contributed by atoms with Gasteiger partial charge in [0, 0.05) is 11.9 Å². The highest BCUT2D eigenvalue weighted by molar-refractivity contribution is 7.86. The lowest BCUT2D eigenvalue weighted by molar-refractivity contribution is 0.157. The molecule has 0 aliphatic carbocycles. The van der Waals surface area contributed by atoms with E-state index in [1.807, 2.05) is 0 Å². The van der Waals surface area contributed by atoms with Crippen molar-refractivity contribution in [2.45, 2.75) is 14.7 Å². The smallest absolute Gasteiger partial charge is 0.397 e. The average molecular weight is 902 g/mol. The molecule has 0 radical (unpaired) electrons. The van der Waals surface area contributed by atoms with Gasteiger partial charge in [0.25, 0.3) is 20.2 Å². The molecule has 2 unspecified atom stereocenters. The Balaban J connectivity index is 1.58. The van der Waals surface area contributed by atoms with Crippen LogP contribution in [-0.4, -0.2) is 106 Å². The highest BCUT2D eigenvalue weighted by atomic mass is 35.5. The fraction of sp³-hybridized carbons (Fsp3) is 0.222. The lowest BCUT2D eigenvalue weighted by Crippen LogP contribution is -2.17. The summed E-state index contributed by atoms with van der Waals surface area (Å²) in [5.41, 5.74) is -1.05. The normalized spacial score (nSPS) is 13.4. The third kappa shape index (κ3) is 13.1. The molecule has 29 heteroatoms. The van der Waals surface area contributed by atoms with Crippen molar-refractivity contribution in [3.63, 3.8) is 0 Å². The van der Waals surface area contributed by atoms with Crippen LogP contribution in [0.5, 0.6) is 5.75 Å². The van der Waals surface area contributed by atoms with Crippen molar-refractivity contribution in [1.82, 2.24) is 15.0 Å². The molecule has 6 N–H and O–H groups in total. The Labute approximate surface area is 327 Å². The van der Waals surface area contributed by atoms with Gasteiger partial charge in [-0.1, -0.05) is 6.58 Å². The lowest BCUT2D eigenvalue weighted by atomic mass is 10.1. The summed E-state index contributed by atoms with van der Waals surface area (Å²) in [5.74, 6) is -1.53. The number of fused-ring (bicyclic) bond motifs is 1. The number of rotatable bonds is 21. The lowest BCUT2D eigenvalue weighted by Gasteiger charge is -2.15. The standard InChI is InChI=1S/C27H28ClN7O16S5/c1-2-49-53(38)18-5-3-17(4-6-18)34-35-23-21(55(42,43)44)14-16-13-19(54(39,40)41)15-20(22(16)24(23)36)30-27-32-25(28)31-26(33-27)29-7-8-48-11-12-52(37)50-9-10-51-56(45,46)47/h2-6,13-15,36H,1,7-12H2,(H,39,40,41)(H,42,43,44)(H,45,46,47)(H2,29,30,31,32,33). The number of anilines is 3. The van der Waals surface area contributed by atoms with Gasteiger partial charge in [-0.2, -0.15) is 45.3 Å². The second kappa shape index (κ2) is 19.2. The van der Waals surface area contributed by atoms with E-state index in [1.54, 1.807) is 0 Å². The largest absolute Gasteiger partial charge is 0.505 e. The molecule has 304 valence electrons. The Morgan fingerprint density at radius 2 is 1.57 bits per heavy atom. The average Bonchev–Trinajstić information content (AvgIpc) is 3.09. The monoisotopic (exact) mass is 901 g/mol. The van der Waals surface area contributed by atoms with Crippen LogP contribution in [0.1, 0.15) is 0 Å². The molecule has 0 saturated carbocycles. The first-order valence-corrected chi connectivity index (χ1v) is 21.8. The van der Waals surface area contributed by atoms with Gasteiger partial charge >= 0.3 is 10.4 Å². The van der Waals surface area contributed by atoms with Crippen LogP contribution >= 0.6 is 11.6 Å². The van der Waals surface area contributed by atoms with Crippen molar-refractivity contribution in [2.24, 2.45) is 10.2 Å². The van der Waals surface area contributed by atoms with E-state index in [0.717, 1.165) is 24.5 Å². The predicted octanol–water partition coefficient (Wildman–Crippen LogP) is 3.15. The predicted molar refractivity (Wildman–Crippen MR) is 197 cm³/mol. The first-order valence-electron chi connectivity index (χ1n) is 14.9. The Hall–Kier alpha value is -4.33. The fourth-order valence-electron chi connectivity index (χ4n) is 4.24. The van der Waals surface area contributed by atoms with E-state index in [0.29, 0.717) is 0 Å². The minimum atomic E-state index is -5.17. The van der Waals surface area contributed by atoms with E-state index in [1.165, 1.54) is 24.3 Å². The number of phenols is 1. The minimum absolute atomic E-state index is 0.00481. The van der Waals surface area contributed by atoms with Gasteiger partial charge in [0.05, 0.1) is 59.6 Å². The Kier molecular flexibility index (Phi) is 15.2. The summed E-state index contributed by atoms with van der Waals surface area (Å²) in [6.07, 6.45) is 0.978. The molecular formula is C27H28ClN7O16S5. The van der Waals surface area contributed by atoms with E-state index in [4.69, 9.17) is 29.3 Å². The van der Waals surface area contributed by atoms with Gasteiger partial charge in [-0.3, -0.25) is 17.8 Å². The van der Waals surface area contributed by atoms with Gasteiger partial charge in [-0.25, -0.2) is 12.6 Å². The number of halogens is 1. The summed E-state index contributed by atoms with van der Waals surface area (Å²) < 4.78 is 141. The summed E-state index contributed by atoms with van der Waals surface area (Å²) in [5, 5.41) is 23.5. The fourth-order valence-corrected chi connectivity index (χ4v) is 7.10. The third-order valence-corrected chi connectivity index (χ3v) is 10.7. The summed E-state index contributed by atoms with van der Waals surface area (Å²) in [6, 6.07) is 7.80. The molecule has 0 aliphatic heterocycles. The quantitative estimate of drug-likeness (QED) is 0.0303. The Bertz CT molecular complexity index is 2510. The van der Waals surface area contributed by atoms with Crippen LogP contribution < -0.4 is 10.6 Å². The second-order valence-electron chi connectivity index (χ2n) is 10.3. The molecule has 0 bridgehead atoms. The number of azo groups is 1. The maximum atomic E-state index is 12.4. The van der Waals surface area contributed by atoms with Crippen molar-refractivity contribution in [2.75, 3.05) is 49.4 Å². The summed E-state index contributed by atoms with van der Waals surface area (Å²) in [4.78, 5) is 10.4. The van der Waals surface area contributed by atoms with E-state index in [9.17, 15) is 47.9 Å². The minimum Gasteiger partial charge on any atom is -0.505 e. The van der Waals surface area contributed by atoms with Gasteiger partial charge in [0.2, 0.25) is 28.3 Å². The number of benzene rings is 3. The molecule has 0 spiro atoms. The van der Waals surface area contributed by atoms with Gasteiger partial charge in [-0.15, -0.1) is 5.11 Å². The van der Waals surface area contributed by atoms with Gasteiger partial charge in [0.15, 0.2) is 16.8 Å². The van der Waals surface area contributed by atoms with Gasteiger partial charge in [0.1, 0.15) is 10.6 Å². The van der Waals surface area contributed by atoms with Crippen molar-refractivity contribution in [1.29, 1.82) is 0 Å². The van der Waals surface area contributed by atoms with E-state index >= 15 is 0 Å². The number of hydrogen-bond donors (Lipinski definition) is 6. The SMILES string of the molecule is C=COS(=O)c1ccc(N=Nc2c(S(=O)(=O)O)cc3cc(S(=O)(=O)O)cc(Nc4nc(Cl)nc(NCCOCCS(=O)OCCOS(=O)(=O)O)n4)c3c2O)cc1. The molecule has 0 fully saturated rings. The van der Waals surface area contributed by atoms with Gasteiger partial charge < -0.3 is 24.7 Å². The number of aromatic hydroxyl groups is 1. The number of nitrogens with zero attached hydrogens (tertiary/aromatic N) is 5. The third-order valence-electron chi connectivity index (χ3n) is 6.46. The van der Waals surface area contributed by atoms with Crippen LogP contribution in [0.4, 0.5) is 29.0 Å². The topological polar surface area (TPSA) is 342 Å². The number of hydrogen-bond acceptors (Lipinski definition) is 20. The molecule has 56 heavy (non-hydrogen) atoms. The molecule has 4 rings (SSSR count). The maximum Gasteiger partial charge on any atom is 0.397 e. The number of aromatic nitrogens is 3. The zero-order chi connectivity index (χ0) is 41.3. The summed E-state index contributed by atoms with van der Waals surface area (Å²) in [6.45, 7) is 2.38. The van der Waals surface area contributed by atoms with Crippen LogP contribution in [0.2, 0.25) is 5.28 Å². The Morgan fingerprint density at radius 3 is 2.21 bits per heavy atom. The van der Waals surface area contributed by atoms with Crippen LogP contribution in [0.15, 0.2) is 80.2 Å². The second-order valence-corrected chi connectivity index (χ2v) is 16.9. The zero-order valence-corrected chi connectivity index (χ0v) is 32.8. The van der Waals surface area contributed by atoms with Crippen LogP contribution in [0.25, 0.3) is 10.8 Å². The molecule has 1 aromatic heterocycles. The van der Waals surface area contributed by atoms with Crippen molar-refractivity contribution < 1.29 is 69.7 Å². The summed E-state index contributed by atoms with van der Waals surface area (Å²) in [7, 11) is -14.8. The molecule has 23 nitrogen and oxygen atoms in total. The molecule has 4 aromatic rings. The molecule has 1 heterocycles. The van der Waals surface area contributed by atoms with Crippen LogP contribution in [0, 0.1) is 0 Å².